The Hall–Kier alpha value is -2.17. The average Bonchev–Trinajstić information content (AvgIpc) is 2.66. The Labute approximate surface area is 104 Å². The van der Waals surface area contributed by atoms with Crippen molar-refractivity contribution in [2.45, 2.75) is 13.5 Å². The molecule has 5 heteroatoms. The largest absolute Gasteiger partial charge is 0.346 e. The minimum absolute atomic E-state index is 0.308. The normalized spacial score (nSPS) is 10.4. The quantitative estimate of drug-likeness (QED) is 0.899. The Morgan fingerprint density at radius 2 is 2.22 bits per heavy atom. The molecule has 1 amide bonds. The number of carbonyl (C=O) groups excluding carboxylic acids is 1. The van der Waals surface area contributed by atoms with Gasteiger partial charge in [0.15, 0.2) is 0 Å². The highest BCUT2D eigenvalue weighted by atomic mass is 19.1. The van der Waals surface area contributed by atoms with Crippen molar-refractivity contribution >= 4 is 5.91 Å². The molecule has 0 aliphatic heterocycles. The van der Waals surface area contributed by atoms with Crippen molar-refractivity contribution in [3.63, 3.8) is 0 Å². The first-order valence-corrected chi connectivity index (χ1v) is 5.59. The van der Waals surface area contributed by atoms with E-state index in [0.29, 0.717) is 12.1 Å². The number of nitrogens with zero attached hydrogens (tertiary/aromatic N) is 2. The zero-order valence-corrected chi connectivity index (χ0v) is 10.3. The number of hydrogen-bond donors (Lipinski definition) is 1. The van der Waals surface area contributed by atoms with E-state index in [9.17, 15) is 9.18 Å². The summed E-state index contributed by atoms with van der Waals surface area (Å²) in [5, 5.41) is 6.92. The van der Waals surface area contributed by atoms with Crippen molar-refractivity contribution in [2.24, 2.45) is 7.05 Å². The molecule has 1 heterocycles. The molecule has 2 aromatic rings. The Kier molecular flexibility index (Phi) is 3.41. The van der Waals surface area contributed by atoms with Crippen LogP contribution in [0.4, 0.5) is 4.39 Å². The fraction of sp³-hybridized carbons (Fsp3) is 0.231. The van der Waals surface area contributed by atoms with Crippen LogP contribution in [0.1, 0.15) is 21.7 Å². The predicted molar refractivity (Wildman–Crippen MR) is 65.5 cm³/mol. The minimum atomic E-state index is -0.420. The molecular formula is C13H14FN3O. The second-order valence-corrected chi connectivity index (χ2v) is 4.09. The maximum absolute atomic E-state index is 13.0. The van der Waals surface area contributed by atoms with Crippen LogP contribution in [0.2, 0.25) is 0 Å². The number of rotatable bonds is 3. The Bertz CT molecular complexity index is 558. The summed E-state index contributed by atoms with van der Waals surface area (Å²) in [6, 6.07) is 7.49. The lowest BCUT2D eigenvalue weighted by Crippen LogP contribution is -2.23. The van der Waals surface area contributed by atoms with Crippen LogP contribution in [-0.2, 0) is 13.6 Å². The lowest BCUT2D eigenvalue weighted by molar-refractivity contribution is 0.0950. The fourth-order valence-electron chi connectivity index (χ4n) is 1.62. The van der Waals surface area contributed by atoms with E-state index in [2.05, 4.69) is 10.4 Å². The van der Waals surface area contributed by atoms with Crippen molar-refractivity contribution in [2.75, 3.05) is 0 Å². The van der Waals surface area contributed by atoms with Gasteiger partial charge in [-0.1, -0.05) is 6.07 Å². The first-order chi connectivity index (χ1) is 8.56. The van der Waals surface area contributed by atoms with E-state index in [1.54, 1.807) is 10.7 Å². The molecule has 1 aromatic heterocycles. The molecule has 4 nitrogen and oxygen atoms in total. The van der Waals surface area contributed by atoms with Crippen LogP contribution in [0, 0.1) is 12.7 Å². The first-order valence-electron chi connectivity index (χ1n) is 5.59. The summed E-state index contributed by atoms with van der Waals surface area (Å²) >= 11 is 0. The van der Waals surface area contributed by atoms with Crippen molar-refractivity contribution in [3.8, 4) is 0 Å². The van der Waals surface area contributed by atoms with Gasteiger partial charge in [-0.3, -0.25) is 9.48 Å². The third-order valence-corrected chi connectivity index (χ3v) is 2.68. The van der Waals surface area contributed by atoms with Crippen molar-refractivity contribution in [1.82, 2.24) is 15.1 Å². The van der Waals surface area contributed by atoms with Crippen molar-refractivity contribution in [1.29, 1.82) is 0 Å². The number of nitrogens with one attached hydrogen (secondary N) is 1. The summed E-state index contributed by atoms with van der Waals surface area (Å²) in [4.78, 5) is 11.7. The Morgan fingerprint density at radius 1 is 1.44 bits per heavy atom. The first kappa shape index (κ1) is 12.3. The summed E-state index contributed by atoms with van der Waals surface area (Å²) < 4.78 is 14.7. The smallest absolute Gasteiger partial charge is 0.251 e. The lowest BCUT2D eigenvalue weighted by Gasteiger charge is -2.03. The zero-order chi connectivity index (χ0) is 13.1. The molecule has 0 fully saturated rings. The maximum Gasteiger partial charge on any atom is 0.251 e. The number of aryl methyl sites for hydroxylation is 2. The van der Waals surface area contributed by atoms with Crippen LogP contribution in [0.15, 0.2) is 30.3 Å². The average molecular weight is 247 g/mol. The predicted octanol–water partition coefficient (Wildman–Crippen LogP) is 1.80. The van der Waals surface area contributed by atoms with Gasteiger partial charge < -0.3 is 5.32 Å². The molecule has 0 atom stereocenters. The van der Waals surface area contributed by atoms with Gasteiger partial charge in [-0.2, -0.15) is 5.10 Å². The molecule has 0 aliphatic carbocycles. The van der Waals surface area contributed by atoms with E-state index in [1.807, 2.05) is 20.0 Å². The van der Waals surface area contributed by atoms with Crippen molar-refractivity contribution < 1.29 is 9.18 Å². The van der Waals surface area contributed by atoms with Gasteiger partial charge in [-0.15, -0.1) is 0 Å². The number of amides is 1. The summed E-state index contributed by atoms with van der Waals surface area (Å²) in [5.74, 6) is -0.728. The van der Waals surface area contributed by atoms with Gasteiger partial charge in [0.25, 0.3) is 5.91 Å². The standard InChI is InChI=1S/C13H14FN3O/c1-9-6-12(16-17(9)2)8-15-13(18)10-4-3-5-11(14)7-10/h3-7H,8H2,1-2H3,(H,15,18). The number of hydrogen-bond acceptors (Lipinski definition) is 2. The molecular weight excluding hydrogens is 233 g/mol. The van der Waals surface area contributed by atoms with Gasteiger partial charge in [0, 0.05) is 18.3 Å². The monoisotopic (exact) mass is 247 g/mol. The second kappa shape index (κ2) is 5.00. The van der Waals surface area contributed by atoms with E-state index in [4.69, 9.17) is 0 Å². The zero-order valence-electron chi connectivity index (χ0n) is 10.3. The molecule has 94 valence electrons. The number of carbonyl (C=O) groups is 1. The summed E-state index contributed by atoms with van der Waals surface area (Å²) in [6.07, 6.45) is 0. The fourth-order valence-corrected chi connectivity index (χ4v) is 1.62. The van der Waals surface area contributed by atoms with Gasteiger partial charge in [0.1, 0.15) is 5.82 Å². The molecule has 1 N–H and O–H groups in total. The van der Waals surface area contributed by atoms with Gasteiger partial charge in [-0.25, -0.2) is 4.39 Å². The van der Waals surface area contributed by atoms with E-state index in [1.165, 1.54) is 18.2 Å². The van der Waals surface area contributed by atoms with Crippen LogP contribution in [-0.4, -0.2) is 15.7 Å². The highest BCUT2D eigenvalue weighted by Crippen LogP contribution is 2.05. The van der Waals surface area contributed by atoms with Gasteiger partial charge >= 0.3 is 0 Å². The summed E-state index contributed by atoms with van der Waals surface area (Å²) in [7, 11) is 1.84. The highest BCUT2D eigenvalue weighted by molar-refractivity contribution is 5.94. The van der Waals surface area contributed by atoms with Crippen LogP contribution in [0.25, 0.3) is 0 Å². The third-order valence-electron chi connectivity index (χ3n) is 2.68. The van der Waals surface area contributed by atoms with Gasteiger partial charge in [0.2, 0.25) is 0 Å². The molecule has 18 heavy (non-hydrogen) atoms. The molecule has 0 saturated carbocycles. The van der Waals surface area contributed by atoms with Crippen LogP contribution in [0.3, 0.4) is 0 Å². The van der Waals surface area contributed by atoms with E-state index >= 15 is 0 Å². The van der Waals surface area contributed by atoms with Gasteiger partial charge in [0.05, 0.1) is 12.2 Å². The Balaban J connectivity index is 2.00. The molecule has 0 saturated heterocycles. The SMILES string of the molecule is Cc1cc(CNC(=O)c2cccc(F)c2)nn1C. The number of benzene rings is 1. The minimum Gasteiger partial charge on any atom is -0.346 e. The molecule has 0 unspecified atom stereocenters. The molecule has 0 radical (unpaired) electrons. The number of halogens is 1. The van der Waals surface area contributed by atoms with Crippen molar-refractivity contribution in [3.05, 3.63) is 53.1 Å². The van der Waals surface area contributed by atoms with E-state index < -0.39 is 5.82 Å². The lowest BCUT2D eigenvalue weighted by atomic mass is 10.2. The molecule has 0 bridgehead atoms. The maximum atomic E-state index is 13.0. The molecule has 1 aromatic carbocycles. The highest BCUT2D eigenvalue weighted by Gasteiger charge is 2.07. The third kappa shape index (κ3) is 2.74. The van der Waals surface area contributed by atoms with Crippen LogP contribution >= 0.6 is 0 Å². The van der Waals surface area contributed by atoms with E-state index in [-0.39, 0.29) is 5.91 Å². The summed E-state index contributed by atoms with van der Waals surface area (Å²) in [5.41, 5.74) is 2.10. The Morgan fingerprint density at radius 3 is 2.83 bits per heavy atom. The van der Waals surface area contributed by atoms with Crippen LogP contribution in [0.5, 0.6) is 0 Å². The summed E-state index contributed by atoms with van der Waals surface area (Å²) in [6.45, 7) is 2.27. The molecule has 0 aliphatic rings. The van der Waals surface area contributed by atoms with Gasteiger partial charge in [-0.05, 0) is 31.2 Å². The molecule has 2 rings (SSSR count). The van der Waals surface area contributed by atoms with Crippen LogP contribution < -0.4 is 5.32 Å². The topological polar surface area (TPSA) is 46.9 Å². The van der Waals surface area contributed by atoms with E-state index in [0.717, 1.165) is 11.4 Å². The molecule has 0 spiro atoms. The number of aromatic nitrogens is 2. The second-order valence-electron chi connectivity index (χ2n) is 4.09.